The van der Waals surface area contributed by atoms with Crippen LogP contribution in [-0.4, -0.2) is 16.7 Å². The Kier molecular flexibility index (Phi) is 3.66. The summed E-state index contributed by atoms with van der Waals surface area (Å²) in [4.78, 5) is 4.54. The summed E-state index contributed by atoms with van der Waals surface area (Å²) in [5.41, 5.74) is 2.11. The average molecular weight is 322 g/mol. The number of nitrogens with one attached hydrogen (secondary N) is 1. The lowest BCUT2D eigenvalue weighted by molar-refractivity contribution is 0.367. The Morgan fingerprint density at radius 2 is 2.26 bits per heavy atom. The molecule has 1 atom stereocenters. The van der Waals surface area contributed by atoms with Crippen LogP contribution in [0.3, 0.4) is 0 Å². The Hall–Kier alpha value is -1.20. The van der Waals surface area contributed by atoms with E-state index >= 15 is 0 Å². The Morgan fingerprint density at radius 3 is 3.05 bits per heavy atom. The molecule has 3 rings (SSSR count). The van der Waals surface area contributed by atoms with Crippen LogP contribution in [0.15, 0.2) is 27.2 Å². The van der Waals surface area contributed by atoms with Crippen LogP contribution in [0.25, 0.3) is 11.5 Å². The molecule has 2 aromatic rings. The van der Waals surface area contributed by atoms with Gasteiger partial charge in [-0.1, -0.05) is 33.6 Å². The van der Waals surface area contributed by atoms with Crippen molar-refractivity contribution in [2.75, 3.05) is 6.54 Å². The van der Waals surface area contributed by atoms with Crippen molar-refractivity contribution in [1.29, 1.82) is 0 Å². The lowest BCUT2D eigenvalue weighted by Gasteiger charge is -2.19. The van der Waals surface area contributed by atoms with Gasteiger partial charge in [0.1, 0.15) is 0 Å². The molecule has 1 aromatic carbocycles. The molecule has 100 valence electrons. The molecule has 0 spiro atoms. The minimum absolute atomic E-state index is 0.235. The molecule has 0 amide bonds. The van der Waals surface area contributed by atoms with Crippen molar-refractivity contribution in [3.05, 3.63) is 34.1 Å². The van der Waals surface area contributed by atoms with Crippen LogP contribution >= 0.6 is 15.9 Å². The molecule has 1 N–H and O–H groups in total. The number of hydrogen-bond donors (Lipinski definition) is 1. The quantitative estimate of drug-likeness (QED) is 0.917. The third-order valence-electron chi connectivity index (χ3n) is 3.56. The molecule has 1 fully saturated rings. The molecule has 19 heavy (non-hydrogen) atoms. The minimum atomic E-state index is 0.235. The largest absolute Gasteiger partial charge is 0.334 e. The van der Waals surface area contributed by atoms with Gasteiger partial charge in [-0.05, 0) is 44.0 Å². The summed E-state index contributed by atoms with van der Waals surface area (Å²) in [7, 11) is 0. The molecule has 1 unspecified atom stereocenters. The van der Waals surface area contributed by atoms with E-state index < -0.39 is 0 Å². The van der Waals surface area contributed by atoms with Gasteiger partial charge in [0.25, 0.3) is 5.89 Å². The second-order valence-corrected chi connectivity index (χ2v) is 5.73. The molecular weight excluding hydrogens is 306 g/mol. The summed E-state index contributed by atoms with van der Waals surface area (Å²) >= 11 is 3.52. The maximum Gasteiger partial charge on any atom is 0.258 e. The molecule has 4 nitrogen and oxygen atoms in total. The zero-order chi connectivity index (χ0) is 13.2. The number of halogens is 1. The van der Waals surface area contributed by atoms with Crippen molar-refractivity contribution in [1.82, 2.24) is 15.5 Å². The maximum atomic E-state index is 5.42. The van der Waals surface area contributed by atoms with E-state index in [1.54, 1.807) is 0 Å². The first kappa shape index (κ1) is 12.8. The topological polar surface area (TPSA) is 51.0 Å². The Balaban J connectivity index is 1.90. The molecule has 1 aliphatic heterocycles. The van der Waals surface area contributed by atoms with Crippen LogP contribution < -0.4 is 5.32 Å². The van der Waals surface area contributed by atoms with Crippen LogP contribution in [0.2, 0.25) is 0 Å². The van der Waals surface area contributed by atoms with Crippen molar-refractivity contribution in [3.63, 3.8) is 0 Å². The molecule has 1 saturated heterocycles. The van der Waals surface area contributed by atoms with Gasteiger partial charge >= 0.3 is 0 Å². The molecule has 5 heteroatoms. The zero-order valence-corrected chi connectivity index (χ0v) is 12.4. The van der Waals surface area contributed by atoms with E-state index in [9.17, 15) is 0 Å². The third kappa shape index (κ3) is 2.58. The van der Waals surface area contributed by atoms with Gasteiger partial charge in [0.15, 0.2) is 5.82 Å². The summed E-state index contributed by atoms with van der Waals surface area (Å²) in [6, 6.07) is 6.23. The van der Waals surface area contributed by atoms with Crippen LogP contribution in [0, 0.1) is 6.92 Å². The first-order chi connectivity index (χ1) is 9.25. The third-order valence-corrected chi connectivity index (χ3v) is 4.42. The number of benzene rings is 1. The zero-order valence-electron chi connectivity index (χ0n) is 10.8. The van der Waals surface area contributed by atoms with E-state index in [0.29, 0.717) is 5.89 Å². The highest BCUT2D eigenvalue weighted by Gasteiger charge is 2.21. The first-order valence-electron chi connectivity index (χ1n) is 6.58. The molecule has 0 radical (unpaired) electrons. The van der Waals surface area contributed by atoms with E-state index in [0.717, 1.165) is 34.4 Å². The van der Waals surface area contributed by atoms with Gasteiger partial charge in [-0.25, -0.2) is 0 Å². The van der Waals surface area contributed by atoms with Crippen molar-refractivity contribution in [2.24, 2.45) is 0 Å². The second kappa shape index (κ2) is 5.43. The highest BCUT2D eigenvalue weighted by molar-refractivity contribution is 9.10. The molecule has 1 aliphatic rings. The molecule has 1 aromatic heterocycles. The Morgan fingerprint density at radius 1 is 1.37 bits per heavy atom. The maximum absolute atomic E-state index is 5.42. The molecule has 2 heterocycles. The first-order valence-corrected chi connectivity index (χ1v) is 7.37. The molecular formula is C14H16BrN3O. The summed E-state index contributed by atoms with van der Waals surface area (Å²) in [5.74, 6) is 1.37. The van der Waals surface area contributed by atoms with Gasteiger partial charge in [-0.15, -0.1) is 0 Å². The van der Waals surface area contributed by atoms with Crippen LogP contribution in [0.4, 0.5) is 0 Å². The fourth-order valence-electron chi connectivity index (χ4n) is 2.40. The minimum Gasteiger partial charge on any atom is -0.334 e. The van der Waals surface area contributed by atoms with Crippen molar-refractivity contribution < 1.29 is 4.52 Å². The predicted octanol–water partition coefficient (Wildman–Crippen LogP) is 3.62. The van der Waals surface area contributed by atoms with E-state index in [1.165, 1.54) is 12.8 Å². The van der Waals surface area contributed by atoms with Gasteiger partial charge < -0.3 is 9.84 Å². The standard InChI is InChI=1S/C14H16BrN3O/c1-9-10(5-4-6-11(9)15)14-17-13(18-19-14)12-7-2-3-8-16-12/h4-6,12,16H,2-3,7-8H2,1H3. The van der Waals surface area contributed by atoms with Gasteiger partial charge in [0.2, 0.25) is 0 Å². The number of nitrogens with zero attached hydrogens (tertiary/aromatic N) is 2. The average Bonchev–Trinajstić information content (AvgIpc) is 2.92. The Bertz CT molecular complexity index is 576. The van der Waals surface area contributed by atoms with Gasteiger partial charge in [-0.2, -0.15) is 4.98 Å². The fraction of sp³-hybridized carbons (Fsp3) is 0.429. The molecule has 0 bridgehead atoms. The van der Waals surface area contributed by atoms with Crippen LogP contribution in [0.5, 0.6) is 0 Å². The second-order valence-electron chi connectivity index (χ2n) is 4.87. The van der Waals surface area contributed by atoms with Crippen molar-refractivity contribution in [3.8, 4) is 11.5 Å². The van der Waals surface area contributed by atoms with Crippen LogP contribution in [-0.2, 0) is 0 Å². The summed E-state index contributed by atoms with van der Waals surface area (Å²) in [6.07, 6.45) is 3.53. The van der Waals surface area contributed by atoms with E-state index in [1.807, 2.05) is 25.1 Å². The number of hydrogen-bond acceptors (Lipinski definition) is 4. The van der Waals surface area contributed by atoms with Gasteiger partial charge in [-0.3, -0.25) is 0 Å². The smallest absolute Gasteiger partial charge is 0.258 e. The van der Waals surface area contributed by atoms with E-state index in [4.69, 9.17) is 4.52 Å². The fourth-order valence-corrected chi connectivity index (χ4v) is 2.76. The van der Waals surface area contributed by atoms with Gasteiger partial charge in [0.05, 0.1) is 6.04 Å². The summed E-state index contributed by atoms with van der Waals surface area (Å²) < 4.78 is 6.47. The highest BCUT2D eigenvalue weighted by Crippen LogP contribution is 2.29. The van der Waals surface area contributed by atoms with E-state index in [2.05, 4.69) is 31.4 Å². The normalized spacial score (nSPS) is 19.6. The Labute approximate surface area is 120 Å². The summed E-state index contributed by atoms with van der Waals surface area (Å²) in [5, 5.41) is 7.56. The monoisotopic (exact) mass is 321 g/mol. The number of aromatic nitrogens is 2. The predicted molar refractivity (Wildman–Crippen MR) is 76.8 cm³/mol. The SMILES string of the molecule is Cc1c(Br)cccc1-c1nc(C2CCCCN2)no1. The highest BCUT2D eigenvalue weighted by atomic mass is 79.9. The van der Waals surface area contributed by atoms with Crippen LogP contribution in [0.1, 0.15) is 36.7 Å². The van der Waals surface area contributed by atoms with Gasteiger partial charge in [0, 0.05) is 10.0 Å². The molecule has 0 saturated carbocycles. The lowest BCUT2D eigenvalue weighted by atomic mass is 10.0. The summed E-state index contributed by atoms with van der Waals surface area (Å²) in [6.45, 7) is 3.08. The number of rotatable bonds is 2. The van der Waals surface area contributed by atoms with E-state index in [-0.39, 0.29) is 6.04 Å². The number of piperidine rings is 1. The lowest BCUT2D eigenvalue weighted by Crippen LogP contribution is -2.27. The molecule has 0 aliphatic carbocycles. The van der Waals surface area contributed by atoms with Crippen molar-refractivity contribution in [2.45, 2.75) is 32.2 Å². The van der Waals surface area contributed by atoms with Crippen molar-refractivity contribution >= 4 is 15.9 Å².